The zero-order valence-electron chi connectivity index (χ0n) is 6.47. The molecule has 0 amide bonds. The van der Waals surface area contributed by atoms with E-state index in [2.05, 4.69) is 6.58 Å². The second-order valence-electron chi connectivity index (χ2n) is 2.91. The first-order valence-electron chi connectivity index (χ1n) is 3.55. The van der Waals surface area contributed by atoms with Gasteiger partial charge in [-0.2, -0.15) is 0 Å². The van der Waals surface area contributed by atoms with Crippen LogP contribution in [-0.4, -0.2) is 45.0 Å². The van der Waals surface area contributed by atoms with Gasteiger partial charge in [-0.05, 0) is 0 Å². The molecule has 0 spiro atoms. The molecule has 3 atom stereocenters. The zero-order chi connectivity index (χ0) is 9.35. The molecule has 1 aliphatic heterocycles. The molecule has 0 aromatic heterocycles. The van der Waals surface area contributed by atoms with E-state index in [1.165, 1.54) is 0 Å². The van der Waals surface area contributed by atoms with Gasteiger partial charge in [0.25, 0.3) is 0 Å². The maximum absolute atomic E-state index is 9.31. The fourth-order valence-electron chi connectivity index (χ4n) is 1.19. The first kappa shape index (κ1) is 9.47. The smallest absolute Gasteiger partial charge is 0.192 e. The van der Waals surface area contributed by atoms with Crippen LogP contribution in [0.3, 0.4) is 0 Å². The third kappa shape index (κ3) is 1.59. The van der Waals surface area contributed by atoms with Crippen LogP contribution >= 0.6 is 0 Å². The van der Waals surface area contributed by atoms with Crippen LogP contribution in [-0.2, 0) is 4.74 Å². The van der Waals surface area contributed by atoms with Gasteiger partial charge < -0.3 is 25.2 Å². The molecule has 4 N–H and O–H groups in total. The maximum Gasteiger partial charge on any atom is 0.192 e. The minimum atomic E-state index is -1.75. The van der Waals surface area contributed by atoms with E-state index in [-0.39, 0.29) is 12.2 Å². The summed E-state index contributed by atoms with van der Waals surface area (Å²) in [5.41, 5.74) is 0. The summed E-state index contributed by atoms with van der Waals surface area (Å²) in [6.07, 6.45) is -2.17. The van der Waals surface area contributed by atoms with Crippen molar-refractivity contribution in [2.75, 3.05) is 6.61 Å². The van der Waals surface area contributed by atoms with Gasteiger partial charge in [0.05, 0.1) is 12.7 Å². The number of hydrogen-bond acceptors (Lipinski definition) is 5. The van der Waals surface area contributed by atoms with Crippen molar-refractivity contribution in [3.05, 3.63) is 12.3 Å². The zero-order valence-corrected chi connectivity index (χ0v) is 6.47. The second-order valence-corrected chi connectivity index (χ2v) is 2.91. The van der Waals surface area contributed by atoms with Crippen molar-refractivity contribution >= 4 is 0 Å². The molecule has 5 heteroatoms. The van der Waals surface area contributed by atoms with E-state index in [1.54, 1.807) is 0 Å². The number of hydrogen-bond donors (Lipinski definition) is 4. The summed E-state index contributed by atoms with van der Waals surface area (Å²) < 4.78 is 4.78. The summed E-state index contributed by atoms with van der Waals surface area (Å²) in [7, 11) is 0. The maximum atomic E-state index is 9.31. The molecule has 1 heterocycles. The van der Waals surface area contributed by atoms with Gasteiger partial charge >= 0.3 is 0 Å². The third-order valence-corrected chi connectivity index (χ3v) is 1.80. The summed E-state index contributed by atoms with van der Waals surface area (Å²) in [5, 5.41) is 36.0. The minimum absolute atomic E-state index is 0.131. The van der Waals surface area contributed by atoms with Crippen LogP contribution in [0.1, 0.15) is 6.42 Å². The Balaban J connectivity index is 2.68. The highest BCUT2D eigenvalue weighted by molar-refractivity contribution is 5.01. The minimum Gasteiger partial charge on any atom is -0.510 e. The molecular weight excluding hydrogens is 164 g/mol. The summed E-state index contributed by atoms with van der Waals surface area (Å²) >= 11 is 0. The number of ether oxygens (including phenoxy) is 1. The highest BCUT2D eigenvalue weighted by Gasteiger charge is 2.45. The fraction of sp³-hybridized carbons (Fsp3) is 0.714. The summed E-state index contributed by atoms with van der Waals surface area (Å²) in [6, 6.07) is 0. The molecule has 0 bridgehead atoms. The molecule has 70 valence electrons. The van der Waals surface area contributed by atoms with E-state index in [1.807, 2.05) is 0 Å². The van der Waals surface area contributed by atoms with Crippen molar-refractivity contribution in [1.29, 1.82) is 0 Å². The number of aliphatic hydroxyl groups is 4. The van der Waals surface area contributed by atoms with Gasteiger partial charge in [-0.15, -0.1) is 0 Å². The topological polar surface area (TPSA) is 90.2 Å². The van der Waals surface area contributed by atoms with Crippen molar-refractivity contribution in [3.8, 4) is 0 Å². The van der Waals surface area contributed by atoms with E-state index >= 15 is 0 Å². The van der Waals surface area contributed by atoms with Crippen LogP contribution in [0.15, 0.2) is 12.3 Å². The third-order valence-electron chi connectivity index (χ3n) is 1.80. The average molecular weight is 176 g/mol. The highest BCUT2D eigenvalue weighted by Crippen LogP contribution is 2.30. The second kappa shape index (κ2) is 3.02. The Morgan fingerprint density at radius 3 is 2.50 bits per heavy atom. The molecular formula is C7H12O5. The molecule has 1 rings (SSSR count). The Morgan fingerprint density at radius 2 is 2.25 bits per heavy atom. The molecule has 1 aliphatic rings. The quantitative estimate of drug-likeness (QED) is 0.400. The van der Waals surface area contributed by atoms with E-state index in [0.29, 0.717) is 0 Å². The van der Waals surface area contributed by atoms with E-state index in [0.717, 1.165) is 0 Å². The molecule has 1 fully saturated rings. The highest BCUT2D eigenvalue weighted by atomic mass is 16.7. The van der Waals surface area contributed by atoms with Gasteiger partial charge in [0.15, 0.2) is 5.79 Å². The Bertz CT molecular complexity index is 192. The Labute approximate surface area is 69.5 Å². The van der Waals surface area contributed by atoms with E-state index in [4.69, 9.17) is 14.9 Å². The summed E-state index contributed by atoms with van der Waals surface area (Å²) in [4.78, 5) is 0. The number of rotatable bonds is 2. The van der Waals surface area contributed by atoms with Crippen molar-refractivity contribution in [2.24, 2.45) is 0 Å². The molecule has 5 nitrogen and oxygen atoms in total. The molecule has 0 aliphatic carbocycles. The van der Waals surface area contributed by atoms with E-state index in [9.17, 15) is 10.2 Å². The standard InChI is InChI=1S/C7H12O5/c1-4(9)6-5(10)2-7(11,3-8)12-6/h5-6,8-11H,1-3H2/t5-,6+,7?/m0/s1. The molecule has 1 saturated heterocycles. The summed E-state index contributed by atoms with van der Waals surface area (Å²) in [6.45, 7) is 2.55. The molecule has 1 unspecified atom stereocenters. The Morgan fingerprint density at radius 1 is 1.67 bits per heavy atom. The van der Waals surface area contributed by atoms with Crippen LogP contribution < -0.4 is 0 Å². The van der Waals surface area contributed by atoms with Gasteiger partial charge in [-0.3, -0.25) is 0 Å². The Kier molecular flexibility index (Phi) is 2.39. The first-order valence-corrected chi connectivity index (χ1v) is 3.55. The van der Waals surface area contributed by atoms with Gasteiger partial charge in [0.2, 0.25) is 0 Å². The molecule has 12 heavy (non-hydrogen) atoms. The number of aliphatic hydroxyl groups excluding tert-OH is 3. The predicted octanol–water partition coefficient (Wildman–Crippen LogP) is -1.11. The molecule has 0 radical (unpaired) electrons. The largest absolute Gasteiger partial charge is 0.510 e. The lowest BCUT2D eigenvalue weighted by molar-refractivity contribution is -0.210. The molecule has 0 aromatic carbocycles. The lowest BCUT2D eigenvalue weighted by Gasteiger charge is -2.19. The normalized spacial score (nSPS) is 41.6. The molecule has 0 saturated carbocycles. The van der Waals surface area contributed by atoms with Crippen LogP contribution in [0.5, 0.6) is 0 Å². The van der Waals surface area contributed by atoms with Crippen LogP contribution in [0.2, 0.25) is 0 Å². The van der Waals surface area contributed by atoms with Crippen molar-refractivity contribution in [2.45, 2.75) is 24.4 Å². The summed E-state index contributed by atoms with van der Waals surface area (Å²) in [5.74, 6) is -2.11. The Hall–Kier alpha value is -0.620. The monoisotopic (exact) mass is 176 g/mol. The lowest BCUT2D eigenvalue weighted by atomic mass is 10.1. The predicted molar refractivity (Wildman–Crippen MR) is 39.3 cm³/mol. The molecule has 0 aromatic rings. The van der Waals surface area contributed by atoms with Crippen molar-refractivity contribution in [1.82, 2.24) is 0 Å². The van der Waals surface area contributed by atoms with Crippen molar-refractivity contribution in [3.63, 3.8) is 0 Å². The van der Waals surface area contributed by atoms with Gasteiger partial charge in [0.1, 0.15) is 11.9 Å². The fourth-order valence-corrected chi connectivity index (χ4v) is 1.19. The lowest BCUT2D eigenvalue weighted by Crippen LogP contribution is -2.33. The van der Waals surface area contributed by atoms with Crippen LogP contribution in [0.4, 0.5) is 0 Å². The van der Waals surface area contributed by atoms with Crippen LogP contribution in [0.25, 0.3) is 0 Å². The van der Waals surface area contributed by atoms with Gasteiger partial charge in [-0.1, -0.05) is 6.58 Å². The first-order chi connectivity index (χ1) is 5.48. The SMILES string of the molecule is C=C(O)[C@H]1OC(O)(CO)C[C@@H]1O. The average Bonchev–Trinajstić information content (AvgIpc) is 2.28. The van der Waals surface area contributed by atoms with Gasteiger partial charge in [0, 0.05) is 6.42 Å². The van der Waals surface area contributed by atoms with E-state index < -0.39 is 24.6 Å². The van der Waals surface area contributed by atoms with Crippen LogP contribution in [0, 0.1) is 0 Å². The van der Waals surface area contributed by atoms with Gasteiger partial charge in [-0.25, -0.2) is 0 Å². The van der Waals surface area contributed by atoms with Crippen molar-refractivity contribution < 1.29 is 25.2 Å².